The molecule has 7 heteroatoms. The highest BCUT2D eigenvalue weighted by molar-refractivity contribution is 5.56. The molecule has 0 aromatic carbocycles. The van der Waals surface area contributed by atoms with Gasteiger partial charge in [0.25, 0.3) is 0 Å². The van der Waals surface area contributed by atoms with Crippen molar-refractivity contribution in [2.24, 2.45) is 0 Å². The van der Waals surface area contributed by atoms with Gasteiger partial charge >= 0.3 is 0 Å². The highest BCUT2D eigenvalue weighted by Crippen LogP contribution is 2.23. The normalized spacial score (nSPS) is 17.0. The van der Waals surface area contributed by atoms with Crippen LogP contribution < -0.4 is 0 Å². The van der Waals surface area contributed by atoms with Crippen LogP contribution in [0.5, 0.6) is 0 Å². The second-order valence-electron chi connectivity index (χ2n) is 5.47. The number of allylic oxidation sites excluding steroid dienone is 4. The zero-order valence-electron chi connectivity index (χ0n) is 12.8. The molecule has 0 bridgehead atoms. The van der Waals surface area contributed by atoms with Gasteiger partial charge in [-0.05, 0) is 17.7 Å². The van der Waals surface area contributed by atoms with Crippen molar-refractivity contribution in [3.63, 3.8) is 0 Å². The summed E-state index contributed by atoms with van der Waals surface area (Å²) in [4.78, 5) is 8.30. The van der Waals surface area contributed by atoms with Crippen LogP contribution in [0.1, 0.15) is 6.42 Å². The molecule has 6 nitrogen and oxygen atoms in total. The highest BCUT2D eigenvalue weighted by Gasteiger charge is 2.18. The van der Waals surface area contributed by atoms with Gasteiger partial charge in [-0.25, -0.2) is 18.7 Å². The van der Waals surface area contributed by atoms with Gasteiger partial charge < -0.3 is 0 Å². The Bertz CT molecular complexity index is 879. The third-order valence-electron chi connectivity index (χ3n) is 3.86. The second-order valence-corrected chi connectivity index (χ2v) is 5.47. The standard InChI is InChI=1S/C17H15FN6/c18-14-6-2-1-5-13(14)10-23-17(24-12-19-11-21-24)9-16(22-23)15-7-3-4-8-20-15/h1-5,7-9,11-12,14H,6,10H2. The fourth-order valence-corrected chi connectivity index (χ4v) is 2.64. The number of hydrogen-bond donors (Lipinski definition) is 0. The molecule has 0 radical (unpaired) electrons. The first-order valence-electron chi connectivity index (χ1n) is 7.65. The molecule has 1 aliphatic carbocycles. The van der Waals surface area contributed by atoms with E-state index in [1.807, 2.05) is 36.4 Å². The number of alkyl halides is 1. The minimum Gasteiger partial charge on any atom is -0.255 e. The Hall–Kier alpha value is -3.09. The molecule has 24 heavy (non-hydrogen) atoms. The zero-order chi connectivity index (χ0) is 16.4. The average Bonchev–Trinajstić information content (AvgIpc) is 3.27. The molecule has 1 atom stereocenters. The predicted molar refractivity (Wildman–Crippen MR) is 87.1 cm³/mol. The van der Waals surface area contributed by atoms with E-state index in [4.69, 9.17) is 0 Å². The molecule has 0 fully saturated rings. The Labute approximate surface area is 138 Å². The molecule has 0 N–H and O–H groups in total. The maximum Gasteiger partial charge on any atom is 0.154 e. The molecule has 120 valence electrons. The van der Waals surface area contributed by atoms with Gasteiger partial charge in [-0.2, -0.15) is 10.2 Å². The number of aromatic nitrogens is 6. The Morgan fingerprint density at radius 1 is 1.25 bits per heavy atom. The van der Waals surface area contributed by atoms with Gasteiger partial charge in [-0.1, -0.05) is 24.3 Å². The Kier molecular flexibility index (Phi) is 3.74. The summed E-state index contributed by atoms with van der Waals surface area (Å²) >= 11 is 0. The van der Waals surface area contributed by atoms with E-state index >= 15 is 0 Å². The molecule has 1 aliphatic rings. The summed E-state index contributed by atoms with van der Waals surface area (Å²) in [5.74, 6) is 0.718. The first kappa shape index (κ1) is 14.5. The molecule has 0 spiro atoms. The smallest absolute Gasteiger partial charge is 0.154 e. The predicted octanol–water partition coefficient (Wildman–Crippen LogP) is 2.75. The van der Waals surface area contributed by atoms with Crippen molar-refractivity contribution in [1.82, 2.24) is 29.5 Å². The van der Waals surface area contributed by atoms with Gasteiger partial charge in [0.1, 0.15) is 24.5 Å². The SMILES string of the molecule is FC1CC=CC=C1Cn1nc(-c2ccccn2)cc1-n1cncn1. The second kappa shape index (κ2) is 6.19. The van der Waals surface area contributed by atoms with Crippen LogP contribution in [0.25, 0.3) is 17.2 Å². The third kappa shape index (κ3) is 2.76. The fourth-order valence-electron chi connectivity index (χ4n) is 2.64. The largest absolute Gasteiger partial charge is 0.255 e. The lowest BCUT2D eigenvalue weighted by molar-refractivity contribution is 0.365. The van der Waals surface area contributed by atoms with Crippen molar-refractivity contribution < 1.29 is 4.39 Å². The third-order valence-corrected chi connectivity index (χ3v) is 3.86. The molecule has 4 rings (SSSR count). The van der Waals surface area contributed by atoms with Crippen molar-refractivity contribution >= 4 is 0 Å². The van der Waals surface area contributed by atoms with Gasteiger partial charge in [0.15, 0.2) is 5.82 Å². The van der Waals surface area contributed by atoms with Crippen molar-refractivity contribution in [2.75, 3.05) is 0 Å². The van der Waals surface area contributed by atoms with Crippen molar-refractivity contribution in [3.05, 3.63) is 66.9 Å². The molecular formula is C17H15FN6. The number of nitrogens with zero attached hydrogens (tertiary/aromatic N) is 6. The van der Waals surface area contributed by atoms with E-state index in [0.717, 1.165) is 11.5 Å². The molecule has 3 heterocycles. The van der Waals surface area contributed by atoms with E-state index in [2.05, 4.69) is 20.2 Å². The van der Waals surface area contributed by atoms with Gasteiger partial charge in [0, 0.05) is 18.7 Å². The Morgan fingerprint density at radius 2 is 2.21 bits per heavy atom. The summed E-state index contributed by atoms with van der Waals surface area (Å²) in [6.07, 6.45) is 9.70. The summed E-state index contributed by atoms with van der Waals surface area (Å²) in [6.45, 7) is 0.355. The molecule has 0 saturated heterocycles. The first-order valence-corrected chi connectivity index (χ1v) is 7.65. The lowest BCUT2D eigenvalue weighted by Gasteiger charge is -2.15. The Morgan fingerprint density at radius 3 is 2.96 bits per heavy atom. The van der Waals surface area contributed by atoms with E-state index < -0.39 is 6.17 Å². The summed E-state index contributed by atoms with van der Waals surface area (Å²) in [5.41, 5.74) is 2.16. The summed E-state index contributed by atoms with van der Waals surface area (Å²) in [6, 6.07) is 7.52. The molecule has 3 aromatic heterocycles. The lowest BCUT2D eigenvalue weighted by atomic mass is 10.0. The number of pyridine rings is 1. The minimum absolute atomic E-state index is 0.355. The van der Waals surface area contributed by atoms with E-state index in [0.29, 0.717) is 24.2 Å². The van der Waals surface area contributed by atoms with Crippen LogP contribution in [0.2, 0.25) is 0 Å². The molecule has 0 amide bonds. The molecular weight excluding hydrogens is 307 g/mol. The highest BCUT2D eigenvalue weighted by atomic mass is 19.1. The molecule has 0 saturated carbocycles. The molecule has 3 aromatic rings. The van der Waals surface area contributed by atoms with Crippen LogP contribution in [-0.4, -0.2) is 35.7 Å². The summed E-state index contributed by atoms with van der Waals surface area (Å²) in [7, 11) is 0. The van der Waals surface area contributed by atoms with Crippen LogP contribution in [0.15, 0.2) is 66.9 Å². The van der Waals surface area contributed by atoms with E-state index in [9.17, 15) is 4.39 Å². The first-order chi connectivity index (χ1) is 11.8. The minimum atomic E-state index is -0.985. The summed E-state index contributed by atoms with van der Waals surface area (Å²) < 4.78 is 17.5. The number of hydrogen-bond acceptors (Lipinski definition) is 4. The topological polar surface area (TPSA) is 61.4 Å². The van der Waals surface area contributed by atoms with Crippen LogP contribution in [0.3, 0.4) is 0 Å². The Balaban J connectivity index is 1.75. The molecule has 1 unspecified atom stereocenters. The maximum atomic E-state index is 14.1. The quantitative estimate of drug-likeness (QED) is 0.741. The molecule has 0 aliphatic heterocycles. The van der Waals surface area contributed by atoms with Crippen LogP contribution in [0.4, 0.5) is 4.39 Å². The van der Waals surface area contributed by atoms with Crippen LogP contribution in [-0.2, 0) is 6.54 Å². The van der Waals surface area contributed by atoms with Gasteiger partial charge in [0.2, 0.25) is 0 Å². The van der Waals surface area contributed by atoms with Gasteiger partial charge in [0.05, 0.1) is 12.2 Å². The van der Waals surface area contributed by atoms with Crippen LogP contribution in [0, 0.1) is 0 Å². The average molecular weight is 322 g/mol. The maximum absolute atomic E-state index is 14.1. The number of rotatable bonds is 4. The van der Waals surface area contributed by atoms with Gasteiger partial charge in [-0.15, -0.1) is 0 Å². The van der Waals surface area contributed by atoms with Gasteiger partial charge in [-0.3, -0.25) is 4.98 Å². The lowest BCUT2D eigenvalue weighted by Crippen LogP contribution is -2.16. The van der Waals surface area contributed by atoms with E-state index in [-0.39, 0.29) is 0 Å². The summed E-state index contributed by atoms with van der Waals surface area (Å²) in [5, 5.41) is 8.76. The number of halogens is 1. The van der Waals surface area contributed by atoms with E-state index in [1.165, 1.54) is 6.33 Å². The van der Waals surface area contributed by atoms with E-state index in [1.54, 1.807) is 28.0 Å². The van der Waals surface area contributed by atoms with Crippen LogP contribution >= 0.6 is 0 Å². The van der Waals surface area contributed by atoms with Crippen molar-refractivity contribution in [3.8, 4) is 17.2 Å². The van der Waals surface area contributed by atoms with Crippen molar-refractivity contribution in [2.45, 2.75) is 19.1 Å². The monoisotopic (exact) mass is 322 g/mol. The van der Waals surface area contributed by atoms with Crippen molar-refractivity contribution in [1.29, 1.82) is 0 Å². The fraction of sp³-hybridized carbons (Fsp3) is 0.176. The zero-order valence-corrected chi connectivity index (χ0v) is 12.8.